The predicted molar refractivity (Wildman–Crippen MR) is 67.8 cm³/mol. The highest BCUT2D eigenvalue weighted by Gasteiger charge is 2.29. The van der Waals surface area contributed by atoms with E-state index in [0.717, 1.165) is 12.1 Å². The highest BCUT2D eigenvalue weighted by molar-refractivity contribution is 5.81. The van der Waals surface area contributed by atoms with Gasteiger partial charge in [-0.05, 0) is 45.0 Å². The maximum Gasteiger partial charge on any atom is 0.416 e. The summed E-state index contributed by atoms with van der Waals surface area (Å²) in [5.41, 5.74) is -0.576. The van der Waals surface area contributed by atoms with E-state index in [2.05, 4.69) is 10.6 Å². The van der Waals surface area contributed by atoms with Gasteiger partial charge in [-0.15, -0.1) is 0 Å². The summed E-state index contributed by atoms with van der Waals surface area (Å²) >= 11 is 0. The van der Waals surface area contributed by atoms with Gasteiger partial charge in [0, 0.05) is 11.2 Å². The van der Waals surface area contributed by atoms with Crippen LogP contribution in [0.15, 0.2) is 24.3 Å². The molecule has 0 saturated carbocycles. The van der Waals surface area contributed by atoms with Crippen molar-refractivity contribution in [1.82, 2.24) is 5.32 Å². The number of hydrogen-bond donors (Lipinski definition) is 2. The van der Waals surface area contributed by atoms with E-state index < -0.39 is 11.7 Å². The highest BCUT2D eigenvalue weighted by Crippen LogP contribution is 2.29. The Morgan fingerprint density at radius 3 is 2.05 bits per heavy atom. The fourth-order valence-corrected chi connectivity index (χ4v) is 1.42. The zero-order valence-corrected chi connectivity index (χ0v) is 11.1. The number of nitrogens with one attached hydrogen (secondary N) is 2. The van der Waals surface area contributed by atoms with Gasteiger partial charge in [0.25, 0.3) is 0 Å². The summed E-state index contributed by atoms with van der Waals surface area (Å²) in [4.78, 5) is 11.5. The molecule has 0 spiro atoms. The van der Waals surface area contributed by atoms with E-state index in [1.54, 1.807) is 0 Å². The van der Waals surface area contributed by atoms with Gasteiger partial charge in [-0.2, -0.15) is 13.2 Å². The fraction of sp³-hybridized carbons (Fsp3) is 0.462. The van der Waals surface area contributed by atoms with Crippen LogP contribution in [0.4, 0.5) is 18.9 Å². The third-order valence-electron chi connectivity index (χ3n) is 2.18. The van der Waals surface area contributed by atoms with E-state index in [1.165, 1.54) is 12.1 Å². The normalized spacial score (nSPS) is 12.1. The van der Waals surface area contributed by atoms with Crippen LogP contribution in [-0.4, -0.2) is 18.0 Å². The van der Waals surface area contributed by atoms with Crippen LogP contribution in [0.1, 0.15) is 26.3 Å². The van der Waals surface area contributed by atoms with Crippen LogP contribution in [0.5, 0.6) is 0 Å². The molecule has 1 amide bonds. The van der Waals surface area contributed by atoms with Crippen molar-refractivity contribution in [3.8, 4) is 0 Å². The van der Waals surface area contributed by atoms with E-state index in [1.807, 2.05) is 20.8 Å². The van der Waals surface area contributed by atoms with Crippen molar-refractivity contribution in [2.75, 3.05) is 11.9 Å². The van der Waals surface area contributed by atoms with Crippen molar-refractivity contribution >= 4 is 11.6 Å². The molecule has 19 heavy (non-hydrogen) atoms. The molecule has 1 rings (SSSR count). The average Bonchev–Trinajstić information content (AvgIpc) is 2.23. The second-order valence-electron chi connectivity index (χ2n) is 5.23. The Hall–Kier alpha value is -1.72. The largest absolute Gasteiger partial charge is 0.416 e. The monoisotopic (exact) mass is 274 g/mol. The average molecular weight is 274 g/mol. The summed E-state index contributed by atoms with van der Waals surface area (Å²) in [5.74, 6) is -0.215. The van der Waals surface area contributed by atoms with Gasteiger partial charge in [0.1, 0.15) is 0 Å². The molecule has 0 fully saturated rings. The van der Waals surface area contributed by atoms with Gasteiger partial charge in [-0.1, -0.05) is 0 Å². The second kappa shape index (κ2) is 5.50. The fourth-order valence-electron chi connectivity index (χ4n) is 1.42. The predicted octanol–water partition coefficient (Wildman–Crippen LogP) is 3.03. The number of alkyl halides is 3. The Balaban J connectivity index is 2.53. The number of amides is 1. The lowest BCUT2D eigenvalue weighted by atomic mass is 10.1. The Kier molecular flexibility index (Phi) is 4.44. The molecule has 0 aliphatic carbocycles. The van der Waals surface area contributed by atoms with Crippen LogP contribution in [0, 0.1) is 0 Å². The zero-order valence-electron chi connectivity index (χ0n) is 11.1. The Bertz CT molecular complexity index is 433. The number of benzene rings is 1. The minimum atomic E-state index is -4.35. The topological polar surface area (TPSA) is 41.1 Å². The first-order valence-corrected chi connectivity index (χ1v) is 5.80. The molecule has 3 nitrogen and oxygen atoms in total. The van der Waals surface area contributed by atoms with Crippen molar-refractivity contribution in [3.63, 3.8) is 0 Å². The first-order chi connectivity index (χ1) is 8.58. The number of anilines is 1. The molecule has 0 heterocycles. The van der Waals surface area contributed by atoms with Crippen LogP contribution in [0.2, 0.25) is 0 Å². The number of rotatable bonds is 3. The van der Waals surface area contributed by atoms with E-state index in [-0.39, 0.29) is 18.0 Å². The first kappa shape index (κ1) is 15.3. The summed E-state index contributed by atoms with van der Waals surface area (Å²) in [6.45, 7) is 5.57. The van der Waals surface area contributed by atoms with Gasteiger partial charge >= 0.3 is 6.18 Å². The third-order valence-corrected chi connectivity index (χ3v) is 2.18. The van der Waals surface area contributed by atoms with Crippen LogP contribution in [-0.2, 0) is 11.0 Å². The minimum absolute atomic E-state index is 0.0165. The molecule has 0 radical (unpaired) electrons. The Morgan fingerprint density at radius 2 is 1.63 bits per heavy atom. The quantitative estimate of drug-likeness (QED) is 0.889. The number of halogens is 3. The summed E-state index contributed by atoms with van der Waals surface area (Å²) in [6.07, 6.45) is -4.35. The van der Waals surface area contributed by atoms with Gasteiger partial charge in [0.15, 0.2) is 0 Å². The van der Waals surface area contributed by atoms with Gasteiger partial charge in [0.05, 0.1) is 12.1 Å². The van der Waals surface area contributed by atoms with Gasteiger partial charge in [-0.3, -0.25) is 4.79 Å². The van der Waals surface area contributed by atoms with Crippen molar-refractivity contribution in [2.24, 2.45) is 0 Å². The molecular formula is C13H17F3N2O. The highest BCUT2D eigenvalue weighted by atomic mass is 19.4. The van der Waals surface area contributed by atoms with Crippen LogP contribution in [0.3, 0.4) is 0 Å². The van der Waals surface area contributed by atoms with Crippen molar-refractivity contribution in [3.05, 3.63) is 29.8 Å². The van der Waals surface area contributed by atoms with E-state index >= 15 is 0 Å². The van der Waals surface area contributed by atoms with Crippen LogP contribution < -0.4 is 10.6 Å². The SMILES string of the molecule is CC(C)(C)NC(=O)CNc1ccc(C(F)(F)F)cc1. The molecule has 2 N–H and O–H groups in total. The molecule has 0 aromatic heterocycles. The summed E-state index contributed by atoms with van der Waals surface area (Å²) in [6, 6.07) is 4.55. The molecule has 1 aromatic carbocycles. The molecule has 0 aliphatic rings. The van der Waals surface area contributed by atoms with Crippen molar-refractivity contribution in [1.29, 1.82) is 0 Å². The lowest BCUT2D eigenvalue weighted by molar-refractivity contribution is -0.137. The number of hydrogen-bond acceptors (Lipinski definition) is 2. The summed E-state index contributed by atoms with van der Waals surface area (Å²) in [5, 5.41) is 5.51. The van der Waals surface area contributed by atoms with Crippen LogP contribution >= 0.6 is 0 Å². The molecule has 0 aliphatic heterocycles. The molecule has 0 saturated heterocycles. The van der Waals surface area contributed by atoms with Crippen molar-refractivity contribution < 1.29 is 18.0 Å². The van der Waals surface area contributed by atoms with Crippen LogP contribution in [0.25, 0.3) is 0 Å². The molecule has 0 unspecified atom stereocenters. The third kappa shape index (κ3) is 5.63. The number of carbonyl (C=O) groups excluding carboxylic acids is 1. The lowest BCUT2D eigenvalue weighted by Crippen LogP contribution is -2.43. The Labute approximate surface area is 110 Å². The van der Waals surface area contributed by atoms with Gasteiger partial charge < -0.3 is 10.6 Å². The standard InChI is InChI=1S/C13H17F3N2O/c1-12(2,3)18-11(19)8-17-10-6-4-9(5-7-10)13(14,15)16/h4-7,17H,8H2,1-3H3,(H,18,19). The second-order valence-corrected chi connectivity index (χ2v) is 5.23. The summed E-state index contributed by atoms with van der Waals surface area (Å²) in [7, 11) is 0. The Morgan fingerprint density at radius 1 is 1.11 bits per heavy atom. The minimum Gasteiger partial charge on any atom is -0.376 e. The molecule has 0 atom stereocenters. The molecule has 6 heteroatoms. The lowest BCUT2D eigenvalue weighted by Gasteiger charge is -2.20. The maximum atomic E-state index is 12.3. The maximum absolute atomic E-state index is 12.3. The molecule has 106 valence electrons. The molecule has 1 aromatic rings. The van der Waals surface area contributed by atoms with E-state index in [4.69, 9.17) is 0 Å². The first-order valence-electron chi connectivity index (χ1n) is 5.80. The van der Waals surface area contributed by atoms with Crippen molar-refractivity contribution in [2.45, 2.75) is 32.5 Å². The summed E-state index contributed by atoms with van der Waals surface area (Å²) < 4.78 is 37.0. The molecular weight excluding hydrogens is 257 g/mol. The van der Waals surface area contributed by atoms with Gasteiger partial charge in [0.2, 0.25) is 5.91 Å². The van der Waals surface area contributed by atoms with Gasteiger partial charge in [-0.25, -0.2) is 0 Å². The molecule has 0 bridgehead atoms. The van der Waals surface area contributed by atoms with E-state index in [0.29, 0.717) is 5.69 Å². The van der Waals surface area contributed by atoms with E-state index in [9.17, 15) is 18.0 Å². The number of carbonyl (C=O) groups is 1. The zero-order chi connectivity index (χ0) is 14.7. The smallest absolute Gasteiger partial charge is 0.376 e.